The first kappa shape index (κ1) is 46.4. The molecule has 0 aromatic heterocycles. The van der Waals surface area contributed by atoms with Crippen molar-refractivity contribution in [1.82, 2.24) is 10.2 Å². The normalized spacial score (nSPS) is 10.6. The number of hydrogen-bond acceptors (Lipinski definition) is 4. The van der Waals surface area contributed by atoms with Crippen LogP contribution in [0.2, 0.25) is 0 Å². The summed E-state index contributed by atoms with van der Waals surface area (Å²) in [6.45, 7) is 27.3. The maximum absolute atomic E-state index is 11.5. The molecule has 0 saturated carbocycles. The topological polar surface area (TPSA) is 61.8 Å². The number of amides is 1. The van der Waals surface area contributed by atoms with Gasteiger partial charge < -0.3 is 20.1 Å². The van der Waals surface area contributed by atoms with Gasteiger partial charge in [0.1, 0.15) is 0 Å². The summed E-state index contributed by atoms with van der Waals surface area (Å²) in [5.74, 6) is 1.58. The van der Waals surface area contributed by atoms with Crippen molar-refractivity contribution < 1.29 is 14.6 Å². The summed E-state index contributed by atoms with van der Waals surface area (Å²) in [4.78, 5) is 13.5. The van der Waals surface area contributed by atoms with Crippen LogP contribution in [0.4, 0.5) is 0 Å². The number of aliphatic hydroxyl groups is 1. The molecular weight excluding hydrogens is 472 g/mol. The molecule has 0 aliphatic carbocycles. The van der Waals surface area contributed by atoms with E-state index in [1.165, 1.54) is 18.4 Å². The van der Waals surface area contributed by atoms with E-state index in [0.717, 1.165) is 71.5 Å². The van der Waals surface area contributed by atoms with Crippen molar-refractivity contribution in [2.24, 2.45) is 5.92 Å². The Morgan fingerprint density at radius 1 is 0.921 bits per heavy atom. The largest absolute Gasteiger partial charge is 0.400 e. The summed E-state index contributed by atoms with van der Waals surface area (Å²) in [7, 11) is 2.75. The molecule has 0 aliphatic heterocycles. The summed E-state index contributed by atoms with van der Waals surface area (Å²) < 4.78 is 4.91. The fraction of sp³-hybridized carbons (Fsp3) is 0.788. The molecule has 2 N–H and O–H groups in total. The molecule has 1 rings (SSSR count). The minimum absolute atomic E-state index is 0.208. The van der Waals surface area contributed by atoms with E-state index in [1.54, 1.807) is 14.0 Å². The smallest absolute Gasteiger partial charge is 0.219 e. The van der Waals surface area contributed by atoms with Gasteiger partial charge in [-0.15, -0.1) is 0 Å². The Morgan fingerprint density at radius 3 is 1.89 bits per heavy atom. The van der Waals surface area contributed by atoms with Crippen molar-refractivity contribution in [3.63, 3.8) is 0 Å². The average Bonchev–Trinajstić information content (AvgIpc) is 2.99. The fourth-order valence-corrected chi connectivity index (χ4v) is 3.07. The van der Waals surface area contributed by atoms with Crippen LogP contribution in [0.3, 0.4) is 0 Å². The summed E-state index contributed by atoms with van der Waals surface area (Å²) in [6, 6.07) is 10.6. The van der Waals surface area contributed by atoms with Gasteiger partial charge in [0.25, 0.3) is 0 Å². The lowest BCUT2D eigenvalue weighted by Gasteiger charge is -2.20. The van der Waals surface area contributed by atoms with Gasteiger partial charge in [0.05, 0.1) is 0 Å². The number of carbonyl (C=O) groups is 1. The van der Waals surface area contributed by atoms with Crippen LogP contribution in [-0.4, -0.2) is 62.9 Å². The molecule has 5 heteroatoms. The zero-order valence-electron chi connectivity index (χ0n) is 28.0. The highest BCUT2D eigenvalue weighted by atomic mass is 16.5. The monoisotopic (exact) mass is 543 g/mol. The van der Waals surface area contributed by atoms with Crippen molar-refractivity contribution in [1.29, 1.82) is 0 Å². The van der Waals surface area contributed by atoms with Gasteiger partial charge in [-0.1, -0.05) is 112 Å². The van der Waals surface area contributed by atoms with E-state index < -0.39 is 0 Å². The number of nitrogens with zero attached hydrogens (tertiary/aromatic N) is 1. The Labute approximate surface area is 240 Å². The summed E-state index contributed by atoms with van der Waals surface area (Å²) >= 11 is 0. The summed E-state index contributed by atoms with van der Waals surface area (Å²) in [5, 5.41) is 10.5. The number of hydrogen-bond donors (Lipinski definition) is 2. The standard InChI is InChI=1S/C19H32N2O.C7H16O.3C2H6.CH4O/c1-4-5-14-21(18(3)22)15-10-9-13-20-16-17(2)19-11-7-6-8-12-19;1-4-7(2)5-6-8-3;4*1-2/h6-8,11-12,17,20H,4-5,9-10,13-16H2,1-3H3;7H,4-6H2,1-3H3;3*1-2H3;2H,1H3/t;7-;;;;/m.0..../s1. The number of rotatable bonds is 15. The highest BCUT2D eigenvalue weighted by molar-refractivity contribution is 5.73. The molecule has 1 amide bonds. The molecule has 1 aromatic rings. The van der Waals surface area contributed by atoms with Crippen LogP contribution in [0.15, 0.2) is 30.3 Å². The van der Waals surface area contributed by atoms with Crippen molar-refractivity contribution in [2.45, 2.75) is 121 Å². The predicted molar refractivity (Wildman–Crippen MR) is 172 cm³/mol. The molecule has 38 heavy (non-hydrogen) atoms. The number of benzene rings is 1. The van der Waals surface area contributed by atoms with Gasteiger partial charge in [0.15, 0.2) is 0 Å². The predicted octanol–water partition coefficient (Wildman–Crippen LogP) is 8.56. The second-order valence-corrected chi connectivity index (χ2v) is 8.38. The number of methoxy groups -OCH3 is 1. The average molecular weight is 543 g/mol. The number of ether oxygens (including phenoxy) is 1. The van der Waals surface area contributed by atoms with Crippen LogP contribution in [0.25, 0.3) is 0 Å². The third kappa shape index (κ3) is 34.6. The summed E-state index contributed by atoms with van der Waals surface area (Å²) in [6.07, 6.45) is 6.92. The van der Waals surface area contributed by atoms with E-state index >= 15 is 0 Å². The lowest BCUT2D eigenvalue weighted by atomic mass is 10.0. The van der Waals surface area contributed by atoms with E-state index in [0.29, 0.717) is 5.92 Å². The Kier molecular flexibility index (Phi) is 52.1. The molecule has 230 valence electrons. The first-order valence-corrected chi connectivity index (χ1v) is 15.4. The molecule has 0 saturated heterocycles. The molecule has 0 heterocycles. The molecule has 0 radical (unpaired) electrons. The Morgan fingerprint density at radius 2 is 1.45 bits per heavy atom. The number of carbonyl (C=O) groups excluding carboxylic acids is 1. The third-order valence-electron chi connectivity index (χ3n) is 5.59. The lowest BCUT2D eigenvalue weighted by Crippen LogP contribution is -2.31. The number of aliphatic hydroxyl groups excluding tert-OH is 1. The van der Waals surface area contributed by atoms with E-state index in [9.17, 15) is 4.79 Å². The van der Waals surface area contributed by atoms with Crippen LogP contribution in [0, 0.1) is 5.92 Å². The van der Waals surface area contributed by atoms with Crippen molar-refractivity contribution in [2.75, 3.05) is 47.0 Å². The molecule has 0 spiro atoms. The lowest BCUT2D eigenvalue weighted by molar-refractivity contribution is -0.129. The highest BCUT2D eigenvalue weighted by Crippen LogP contribution is 2.13. The van der Waals surface area contributed by atoms with Crippen LogP contribution in [0.5, 0.6) is 0 Å². The van der Waals surface area contributed by atoms with E-state index in [1.807, 2.05) is 46.4 Å². The third-order valence-corrected chi connectivity index (χ3v) is 5.59. The molecule has 0 bridgehead atoms. The van der Waals surface area contributed by atoms with Crippen LogP contribution in [0.1, 0.15) is 126 Å². The van der Waals surface area contributed by atoms with Gasteiger partial charge in [0, 0.05) is 47.4 Å². The van der Waals surface area contributed by atoms with Gasteiger partial charge in [-0.2, -0.15) is 0 Å². The molecule has 1 aromatic carbocycles. The molecule has 0 aliphatic rings. The zero-order valence-corrected chi connectivity index (χ0v) is 28.0. The Balaban J connectivity index is -0.000000189. The fourth-order valence-electron chi connectivity index (χ4n) is 3.07. The molecule has 1 unspecified atom stereocenters. The second kappa shape index (κ2) is 42.7. The molecule has 5 nitrogen and oxygen atoms in total. The highest BCUT2D eigenvalue weighted by Gasteiger charge is 2.07. The van der Waals surface area contributed by atoms with Crippen molar-refractivity contribution in [3.8, 4) is 0 Å². The summed E-state index contributed by atoms with van der Waals surface area (Å²) in [5.41, 5.74) is 1.39. The quantitative estimate of drug-likeness (QED) is 0.218. The van der Waals surface area contributed by atoms with E-state index in [2.05, 4.69) is 63.3 Å². The van der Waals surface area contributed by atoms with Crippen LogP contribution in [-0.2, 0) is 9.53 Å². The van der Waals surface area contributed by atoms with Gasteiger partial charge in [-0.25, -0.2) is 0 Å². The van der Waals surface area contributed by atoms with Gasteiger partial charge in [-0.05, 0) is 49.6 Å². The van der Waals surface area contributed by atoms with Crippen molar-refractivity contribution >= 4 is 5.91 Å². The van der Waals surface area contributed by atoms with Gasteiger partial charge in [0.2, 0.25) is 5.91 Å². The maximum Gasteiger partial charge on any atom is 0.219 e. The molecular formula is C33H70N2O3. The second-order valence-electron chi connectivity index (χ2n) is 8.38. The zero-order chi connectivity index (χ0) is 30.6. The van der Waals surface area contributed by atoms with Crippen molar-refractivity contribution in [3.05, 3.63) is 35.9 Å². The van der Waals surface area contributed by atoms with Gasteiger partial charge >= 0.3 is 0 Å². The van der Waals surface area contributed by atoms with Gasteiger partial charge in [-0.3, -0.25) is 4.79 Å². The minimum Gasteiger partial charge on any atom is -0.400 e. The SMILES string of the molecule is CC.CC.CC.CCCCN(CCCCNCC(C)c1ccccc1)C(C)=O.CC[C@H](C)CCOC.CO. The first-order chi connectivity index (χ1) is 18.5. The minimum atomic E-state index is 0.208. The maximum atomic E-state index is 11.5. The van der Waals surface area contributed by atoms with E-state index in [-0.39, 0.29) is 5.91 Å². The van der Waals surface area contributed by atoms with E-state index in [4.69, 9.17) is 9.84 Å². The van der Waals surface area contributed by atoms with Crippen LogP contribution >= 0.6 is 0 Å². The number of nitrogens with one attached hydrogen (secondary N) is 1. The molecule has 2 atom stereocenters. The number of unbranched alkanes of at least 4 members (excludes halogenated alkanes) is 2. The molecule has 0 fully saturated rings. The Bertz CT molecular complexity index is 512. The Hall–Kier alpha value is -1.43. The first-order valence-electron chi connectivity index (χ1n) is 15.4. The van der Waals surface area contributed by atoms with Crippen LogP contribution < -0.4 is 5.32 Å².